The number of ether oxygens (including phenoxy) is 2. The topological polar surface area (TPSA) is 102 Å². The molecule has 8 nitrogen and oxygen atoms in total. The highest BCUT2D eigenvalue weighted by molar-refractivity contribution is 5.76. The number of aryl methyl sites for hydroxylation is 1. The Labute approximate surface area is 156 Å². The van der Waals surface area contributed by atoms with Gasteiger partial charge >= 0.3 is 5.69 Å². The fourth-order valence-corrected chi connectivity index (χ4v) is 3.20. The molecule has 1 aromatic heterocycles. The van der Waals surface area contributed by atoms with Gasteiger partial charge in [0.15, 0.2) is 0 Å². The van der Waals surface area contributed by atoms with Gasteiger partial charge in [0, 0.05) is 37.2 Å². The van der Waals surface area contributed by atoms with Crippen LogP contribution in [0.3, 0.4) is 0 Å². The molecule has 2 N–H and O–H groups in total. The molecule has 1 aliphatic heterocycles. The molecule has 1 amide bonds. The van der Waals surface area contributed by atoms with E-state index in [1.807, 2.05) is 32.0 Å². The lowest BCUT2D eigenvalue weighted by molar-refractivity contribution is -0.122. The van der Waals surface area contributed by atoms with Crippen molar-refractivity contribution in [3.05, 3.63) is 56.9 Å². The quantitative estimate of drug-likeness (QED) is 0.824. The van der Waals surface area contributed by atoms with E-state index in [9.17, 15) is 14.4 Å². The molecule has 0 bridgehead atoms. The van der Waals surface area contributed by atoms with Crippen molar-refractivity contribution >= 4 is 5.91 Å². The van der Waals surface area contributed by atoms with Crippen molar-refractivity contribution in [3.63, 3.8) is 0 Å². The number of methoxy groups -OCH3 is 1. The van der Waals surface area contributed by atoms with Crippen LogP contribution in [0, 0.1) is 0 Å². The number of hydrogen-bond acceptors (Lipinski definition) is 5. The number of nitrogens with zero attached hydrogens (tertiary/aromatic N) is 1. The van der Waals surface area contributed by atoms with E-state index in [4.69, 9.17) is 9.47 Å². The molecule has 1 aromatic carbocycles. The van der Waals surface area contributed by atoms with E-state index >= 15 is 0 Å². The van der Waals surface area contributed by atoms with Crippen molar-refractivity contribution < 1.29 is 14.3 Å². The molecule has 0 saturated heterocycles. The Morgan fingerprint density at radius 1 is 1.37 bits per heavy atom. The first-order chi connectivity index (χ1) is 12.8. The second kappa shape index (κ2) is 7.30. The number of amides is 1. The lowest BCUT2D eigenvalue weighted by Gasteiger charge is -2.38. The van der Waals surface area contributed by atoms with Crippen LogP contribution in [0.4, 0.5) is 0 Å². The fraction of sp³-hybridized carbons (Fsp3) is 0.421. The molecule has 0 spiro atoms. The van der Waals surface area contributed by atoms with E-state index in [0.29, 0.717) is 17.9 Å². The number of nitrogens with one attached hydrogen (secondary N) is 2. The summed E-state index contributed by atoms with van der Waals surface area (Å²) in [5, 5.41) is 3.02. The van der Waals surface area contributed by atoms with Crippen LogP contribution in [0.25, 0.3) is 0 Å². The Bertz CT molecular complexity index is 960. The molecule has 2 heterocycles. The Morgan fingerprint density at radius 2 is 2.15 bits per heavy atom. The highest BCUT2D eigenvalue weighted by Crippen LogP contribution is 2.41. The minimum absolute atomic E-state index is 0.114. The van der Waals surface area contributed by atoms with Gasteiger partial charge in [0.25, 0.3) is 5.56 Å². The van der Waals surface area contributed by atoms with Crippen LogP contribution in [0.5, 0.6) is 11.5 Å². The zero-order chi connectivity index (χ0) is 19.6. The molecule has 1 unspecified atom stereocenters. The molecule has 1 aliphatic rings. The molecule has 27 heavy (non-hydrogen) atoms. The lowest BCUT2D eigenvalue weighted by atomic mass is 9.89. The van der Waals surface area contributed by atoms with E-state index in [1.54, 1.807) is 7.11 Å². The Hall–Kier alpha value is -3.03. The zero-order valence-electron chi connectivity index (χ0n) is 15.6. The lowest BCUT2D eigenvalue weighted by Crippen LogP contribution is -2.41. The summed E-state index contributed by atoms with van der Waals surface area (Å²) >= 11 is 0. The SMILES string of the molecule is COc1ccc2c(c1)C(NC(=O)CCn1ccc(=O)[nH]c1=O)CC(C)(C)O2. The molecule has 3 rings (SSSR count). The molecule has 0 aliphatic carbocycles. The zero-order valence-corrected chi connectivity index (χ0v) is 15.6. The molecule has 0 radical (unpaired) electrons. The van der Waals surface area contributed by atoms with Crippen molar-refractivity contribution in [1.82, 2.24) is 14.9 Å². The van der Waals surface area contributed by atoms with Crippen LogP contribution in [-0.4, -0.2) is 28.2 Å². The van der Waals surface area contributed by atoms with Gasteiger partial charge in [-0.15, -0.1) is 0 Å². The number of benzene rings is 1. The third-order valence-corrected chi connectivity index (χ3v) is 4.49. The van der Waals surface area contributed by atoms with E-state index in [0.717, 1.165) is 5.56 Å². The molecular formula is C19H23N3O5. The van der Waals surface area contributed by atoms with Crippen LogP contribution in [0.2, 0.25) is 0 Å². The van der Waals surface area contributed by atoms with E-state index in [2.05, 4.69) is 10.3 Å². The molecule has 8 heteroatoms. The normalized spacial score (nSPS) is 17.5. The highest BCUT2D eigenvalue weighted by Gasteiger charge is 2.34. The number of fused-ring (bicyclic) bond motifs is 1. The Kier molecular flexibility index (Phi) is 5.07. The largest absolute Gasteiger partial charge is 0.497 e. The van der Waals surface area contributed by atoms with Crippen molar-refractivity contribution in [2.75, 3.05) is 7.11 Å². The third kappa shape index (κ3) is 4.39. The molecule has 0 saturated carbocycles. The highest BCUT2D eigenvalue weighted by atomic mass is 16.5. The number of aromatic nitrogens is 2. The van der Waals surface area contributed by atoms with Crippen molar-refractivity contribution in [3.8, 4) is 11.5 Å². The summed E-state index contributed by atoms with van der Waals surface area (Å²) < 4.78 is 12.6. The predicted octanol–water partition coefficient (Wildman–Crippen LogP) is 1.35. The summed E-state index contributed by atoms with van der Waals surface area (Å²) in [6.45, 7) is 4.12. The van der Waals surface area contributed by atoms with Gasteiger partial charge in [0.2, 0.25) is 5.91 Å². The van der Waals surface area contributed by atoms with E-state index in [-0.39, 0.29) is 24.9 Å². The molecular weight excluding hydrogens is 350 g/mol. The second-order valence-corrected chi connectivity index (χ2v) is 7.14. The van der Waals surface area contributed by atoms with Crippen molar-refractivity contribution in [2.24, 2.45) is 0 Å². The number of aromatic amines is 1. The summed E-state index contributed by atoms with van der Waals surface area (Å²) in [5.41, 5.74) is -0.549. The Balaban J connectivity index is 1.73. The van der Waals surface area contributed by atoms with Crippen LogP contribution in [0.15, 0.2) is 40.1 Å². The summed E-state index contributed by atoms with van der Waals surface area (Å²) in [7, 11) is 1.59. The standard InChI is InChI=1S/C19H23N3O5/c1-19(2)11-14(13-10-12(26-3)4-5-15(13)27-19)20-16(23)6-8-22-9-7-17(24)21-18(22)25/h4-5,7,9-10,14H,6,8,11H2,1-3H3,(H,20,23)(H,21,24,25). The monoisotopic (exact) mass is 373 g/mol. The van der Waals surface area contributed by atoms with Gasteiger partial charge < -0.3 is 19.4 Å². The minimum atomic E-state index is -0.530. The Morgan fingerprint density at radius 3 is 2.85 bits per heavy atom. The van der Waals surface area contributed by atoms with E-state index < -0.39 is 16.9 Å². The summed E-state index contributed by atoms with van der Waals surface area (Å²) in [6.07, 6.45) is 2.10. The summed E-state index contributed by atoms with van der Waals surface area (Å²) in [6, 6.07) is 6.55. The smallest absolute Gasteiger partial charge is 0.328 e. The van der Waals surface area contributed by atoms with Gasteiger partial charge in [-0.3, -0.25) is 14.6 Å². The van der Waals surface area contributed by atoms with Crippen LogP contribution >= 0.6 is 0 Å². The first kappa shape index (κ1) is 18.8. The minimum Gasteiger partial charge on any atom is -0.497 e. The fourth-order valence-electron chi connectivity index (χ4n) is 3.20. The maximum Gasteiger partial charge on any atom is 0.328 e. The predicted molar refractivity (Wildman–Crippen MR) is 99.1 cm³/mol. The number of hydrogen-bond donors (Lipinski definition) is 2. The third-order valence-electron chi connectivity index (χ3n) is 4.49. The van der Waals surface area contributed by atoms with Crippen molar-refractivity contribution in [2.45, 2.75) is 44.9 Å². The number of rotatable bonds is 5. The molecule has 2 aromatic rings. The van der Waals surface area contributed by atoms with Crippen LogP contribution in [0.1, 0.15) is 38.3 Å². The first-order valence-corrected chi connectivity index (χ1v) is 8.73. The van der Waals surface area contributed by atoms with Crippen LogP contribution in [-0.2, 0) is 11.3 Å². The van der Waals surface area contributed by atoms with Crippen molar-refractivity contribution in [1.29, 1.82) is 0 Å². The van der Waals surface area contributed by atoms with Gasteiger partial charge in [-0.1, -0.05) is 0 Å². The number of carbonyl (C=O) groups excluding carboxylic acids is 1. The van der Waals surface area contributed by atoms with Gasteiger partial charge in [-0.2, -0.15) is 0 Å². The van der Waals surface area contributed by atoms with Gasteiger partial charge in [0.1, 0.15) is 17.1 Å². The molecule has 0 fully saturated rings. The maximum atomic E-state index is 12.5. The average Bonchev–Trinajstić information content (AvgIpc) is 2.60. The van der Waals surface area contributed by atoms with Crippen LogP contribution < -0.4 is 26.0 Å². The average molecular weight is 373 g/mol. The summed E-state index contributed by atoms with van der Waals surface area (Å²) in [5.74, 6) is 1.22. The number of carbonyl (C=O) groups is 1. The first-order valence-electron chi connectivity index (χ1n) is 8.73. The van der Waals surface area contributed by atoms with E-state index in [1.165, 1.54) is 16.8 Å². The van der Waals surface area contributed by atoms with Gasteiger partial charge in [-0.25, -0.2) is 4.79 Å². The second-order valence-electron chi connectivity index (χ2n) is 7.14. The molecule has 144 valence electrons. The van der Waals surface area contributed by atoms with Gasteiger partial charge in [0.05, 0.1) is 13.2 Å². The number of H-pyrrole nitrogens is 1. The molecule has 1 atom stereocenters. The maximum absolute atomic E-state index is 12.5. The summed E-state index contributed by atoms with van der Waals surface area (Å²) in [4.78, 5) is 37.4. The van der Waals surface area contributed by atoms with Gasteiger partial charge in [-0.05, 0) is 32.0 Å².